The van der Waals surface area contributed by atoms with Crippen molar-refractivity contribution in [2.45, 2.75) is 65.4 Å². The molecule has 23 heavy (non-hydrogen) atoms. The Hall–Kier alpha value is -1.84. The molecule has 4 nitrogen and oxygen atoms in total. The van der Waals surface area contributed by atoms with Gasteiger partial charge < -0.3 is 9.84 Å². The number of ether oxygens (including phenoxy) is 1. The predicted octanol–water partition coefficient (Wildman–Crippen LogP) is 4.35. The fourth-order valence-electron chi connectivity index (χ4n) is 2.52. The van der Waals surface area contributed by atoms with E-state index in [0.717, 1.165) is 31.2 Å². The third-order valence-electron chi connectivity index (χ3n) is 3.96. The van der Waals surface area contributed by atoms with Crippen LogP contribution in [-0.4, -0.2) is 17.0 Å². The normalized spacial score (nSPS) is 11.9. The van der Waals surface area contributed by atoms with Gasteiger partial charge in [0.2, 0.25) is 0 Å². The second kappa shape index (κ2) is 10.8. The number of carboxylic acid groups (broad SMARTS) is 1. The molecule has 1 unspecified atom stereocenters. The highest BCUT2D eigenvalue weighted by Crippen LogP contribution is 2.17. The summed E-state index contributed by atoms with van der Waals surface area (Å²) in [5, 5.41) is 8.62. The van der Waals surface area contributed by atoms with Crippen molar-refractivity contribution in [3.05, 3.63) is 35.4 Å². The molecule has 0 aromatic heterocycles. The van der Waals surface area contributed by atoms with E-state index in [1.165, 1.54) is 5.56 Å². The van der Waals surface area contributed by atoms with Gasteiger partial charge in [-0.25, -0.2) is 0 Å². The number of benzene rings is 1. The first kappa shape index (κ1) is 19.2. The number of hydrogen-bond acceptors (Lipinski definition) is 3. The molecule has 0 aliphatic heterocycles. The molecule has 0 spiro atoms. The number of unbranched alkanes of at least 4 members (excludes halogenated alkanes) is 1. The van der Waals surface area contributed by atoms with Crippen molar-refractivity contribution in [3.63, 3.8) is 0 Å². The van der Waals surface area contributed by atoms with Crippen molar-refractivity contribution in [1.29, 1.82) is 0 Å². The minimum Gasteiger partial charge on any atom is -0.481 e. The summed E-state index contributed by atoms with van der Waals surface area (Å²) in [6, 6.07) is 8.17. The number of carboxylic acids is 1. The van der Waals surface area contributed by atoms with Crippen LogP contribution in [0.25, 0.3) is 0 Å². The quantitative estimate of drug-likeness (QED) is 0.486. The van der Waals surface area contributed by atoms with Gasteiger partial charge >= 0.3 is 11.9 Å². The number of hydrogen-bond donors (Lipinski definition) is 1. The summed E-state index contributed by atoms with van der Waals surface area (Å²) in [6.45, 7) is 4.41. The van der Waals surface area contributed by atoms with E-state index < -0.39 is 5.97 Å². The largest absolute Gasteiger partial charge is 0.481 e. The average molecular weight is 320 g/mol. The number of carbonyl (C=O) groups excluding carboxylic acids is 1. The molecule has 0 aliphatic rings. The molecule has 0 heterocycles. The summed E-state index contributed by atoms with van der Waals surface area (Å²) in [4.78, 5) is 22.6. The summed E-state index contributed by atoms with van der Waals surface area (Å²) < 4.78 is 5.40. The Kier molecular flexibility index (Phi) is 9.03. The first-order chi connectivity index (χ1) is 11.1. The first-order valence-corrected chi connectivity index (χ1v) is 8.53. The van der Waals surface area contributed by atoms with Gasteiger partial charge in [0.25, 0.3) is 0 Å². The Balaban J connectivity index is 2.36. The maximum atomic E-state index is 12.1. The van der Waals surface area contributed by atoms with E-state index >= 15 is 0 Å². The summed E-state index contributed by atoms with van der Waals surface area (Å²) in [6.07, 6.45) is 5.11. The number of aliphatic carboxylic acids is 1. The summed E-state index contributed by atoms with van der Waals surface area (Å²) in [5.41, 5.74) is 2.30. The summed E-state index contributed by atoms with van der Waals surface area (Å²) >= 11 is 0. The molecule has 0 bridgehead atoms. The molecular weight excluding hydrogens is 292 g/mol. The smallest absolute Gasteiger partial charge is 0.309 e. The Labute approximate surface area is 138 Å². The van der Waals surface area contributed by atoms with E-state index in [1.807, 2.05) is 19.1 Å². The Morgan fingerprint density at radius 2 is 1.74 bits per heavy atom. The zero-order chi connectivity index (χ0) is 17.1. The van der Waals surface area contributed by atoms with Gasteiger partial charge in [0.1, 0.15) is 6.61 Å². The van der Waals surface area contributed by atoms with Crippen LogP contribution in [0.15, 0.2) is 24.3 Å². The fraction of sp³-hybridized carbons (Fsp3) is 0.579. The number of esters is 1. The van der Waals surface area contributed by atoms with Crippen LogP contribution in [0.3, 0.4) is 0 Å². The van der Waals surface area contributed by atoms with Crippen LogP contribution < -0.4 is 0 Å². The van der Waals surface area contributed by atoms with Crippen molar-refractivity contribution in [2.24, 2.45) is 5.92 Å². The number of aryl methyl sites for hydroxylation is 1. The molecule has 1 N–H and O–H groups in total. The molecule has 0 amide bonds. The molecule has 128 valence electrons. The maximum absolute atomic E-state index is 12.1. The number of carbonyl (C=O) groups is 2. The SMILES string of the molecule is CCCc1ccc(COC(=O)C(CC)CCCCC(=O)O)cc1. The van der Waals surface area contributed by atoms with Gasteiger partial charge in [-0.1, -0.05) is 51.0 Å². The third kappa shape index (κ3) is 7.82. The molecule has 1 rings (SSSR count). The second-order valence-electron chi connectivity index (χ2n) is 5.92. The lowest BCUT2D eigenvalue weighted by Crippen LogP contribution is -2.17. The summed E-state index contributed by atoms with van der Waals surface area (Å²) in [5.74, 6) is -1.10. The summed E-state index contributed by atoms with van der Waals surface area (Å²) in [7, 11) is 0. The molecule has 0 saturated heterocycles. The topological polar surface area (TPSA) is 63.6 Å². The van der Waals surface area contributed by atoms with Gasteiger partial charge in [0.05, 0.1) is 5.92 Å². The molecule has 4 heteroatoms. The van der Waals surface area contributed by atoms with Gasteiger partial charge in [0, 0.05) is 6.42 Å². The van der Waals surface area contributed by atoms with E-state index in [2.05, 4.69) is 19.1 Å². The molecule has 1 aromatic rings. The third-order valence-corrected chi connectivity index (χ3v) is 3.96. The Bertz CT molecular complexity index is 479. The van der Waals surface area contributed by atoms with E-state index in [9.17, 15) is 9.59 Å². The lowest BCUT2D eigenvalue weighted by atomic mass is 9.99. The van der Waals surface area contributed by atoms with Crippen LogP contribution in [0.5, 0.6) is 0 Å². The minimum atomic E-state index is -0.785. The average Bonchev–Trinajstić information content (AvgIpc) is 2.54. The predicted molar refractivity (Wildman–Crippen MR) is 90.1 cm³/mol. The van der Waals surface area contributed by atoms with Crippen molar-refractivity contribution in [3.8, 4) is 0 Å². The molecule has 0 radical (unpaired) electrons. The highest BCUT2D eigenvalue weighted by Gasteiger charge is 2.17. The first-order valence-electron chi connectivity index (χ1n) is 8.53. The standard InChI is InChI=1S/C19H28O4/c1-3-7-15-10-12-16(13-11-15)14-23-19(22)17(4-2)8-5-6-9-18(20)21/h10-13,17H,3-9,14H2,1-2H3,(H,20,21). The van der Waals surface area contributed by atoms with Gasteiger partial charge in [-0.3, -0.25) is 9.59 Å². The highest BCUT2D eigenvalue weighted by atomic mass is 16.5. The molecule has 1 aromatic carbocycles. The molecule has 0 fully saturated rings. The van der Waals surface area contributed by atoms with E-state index in [1.54, 1.807) is 0 Å². The van der Waals surface area contributed by atoms with Crippen molar-refractivity contribution < 1.29 is 19.4 Å². The zero-order valence-electron chi connectivity index (χ0n) is 14.2. The minimum absolute atomic E-state index is 0.136. The number of rotatable bonds is 11. The van der Waals surface area contributed by atoms with Crippen LogP contribution >= 0.6 is 0 Å². The van der Waals surface area contributed by atoms with Crippen LogP contribution in [0.4, 0.5) is 0 Å². The van der Waals surface area contributed by atoms with Crippen molar-refractivity contribution >= 4 is 11.9 Å². The fourth-order valence-corrected chi connectivity index (χ4v) is 2.52. The second-order valence-corrected chi connectivity index (χ2v) is 5.92. The molecule has 0 saturated carbocycles. The Morgan fingerprint density at radius 3 is 2.30 bits per heavy atom. The molecule has 1 atom stereocenters. The van der Waals surface area contributed by atoms with Crippen molar-refractivity contribution in [2.75, 3.05) is 0 Å². The van der Waals surface area contributed by atoms with Gasteiger partial charge in [-0.2, -0.15) is 0 Å². The Morgan fingerprint density at radius 1 is 1.09 bits per heavy atom. The monoisotopic (exact) mass is 320 g/mol. The van der Waals surface area contributed by atoms with E-state index in [4.69, 9.17) is 9.84 Å². The maximum Gasteiger partial charge on any atom is 0.309 e. The van der Waals surface area contributed by atoms with Crippen LogP contribution in [-0.2, 0) is 27.4 Å². The van der Waals surface area contributed by atoms with Crippen LogP contribution in [0.2, 0.25) is 0 Å². The lowest BCUT2D eigenvalue weighted by molar-refractivity contribution is -0.150. The van der Waals surface area contributed by atoms with E-state index in [0.29, 0.717) is 19.4 Å². The van der Waals surface area contributed by atoms with Crippen molar-refractivity contribution in [1.82, 2.24) is 0 Å². The van der Waals surface area contributed by atoms with E-state index in [-0.39, 0.29) is 18.3 Å². The van der Waals surface area contributed by atoms with Gasteiger partial charge in [-0.05, 0) is 36.8 Å². The van der Waals surface area contributed by atoms with Gasteiger partial charge in [-0.15, -0.1) is 0 Å². The zero-order valence-corrected chi connectivity index (χ0v) is 14.2. The highest BCUT2D eigenvalue weighted by molar-refractivity contribution is 5.72. The lowest BCUT2D eigenvalue weighted by Gasteiger charge is -2.14. The van der Waals surface area contributed by atoms with Gasteiger partial charge in [0.15, 0.2) is 0 Å². The van der Waals surface area contributed by atoms with Crippen LogP contribution in [0.1, 0.15) is 63.5 Å². The van der Waals surface area contributed by atoms with Crippen LogP contribution in [0, 0.1) is 5.92 Å². The molecule has 0 aliphatic carbocycles. The molecular formula is C19H28O4.